The van der Waals surface area contributed by atoms with Gasteiger partial charge in [-0.3, -0.25) is 23.7 Å². The van der Waals surface area contributed by atoms with Crippen molar-refractivity contribution in [2.75, 3.05) is 6.61 Å². The normalized spacial score (nSPS) is 22.1. The standard InChI is InChI=1S/C24H32N3O11P/c1-14(2)35-23(31)16(4)36-22(30)15(3)26-39(33,38-17-8-6-5-7-9-17)34-13-19-18(28)12-21(37-19)27-11-10-20(29)25-24(27)32/h5-11,14-16,18-19,21,28H,12-13H2,1-4H3,(H,26,33)(H,25,29,32)/t15-,16-,18-,19+,21+,39-/m0/s1. The topological polar surface area (TPSA) is 184 Å². The summed E-state index contributed by atoms with van der Waals surface area (Å²) in [6, 6.07) is 7.90. The van der Waals surface area contributed by atoms with E-state index in [2.05, 4.69) is 10.1 Å². The number of carbonyl (C=O) groups is 2. The van der Waals surface area contributed by atoms with E-state index in [0.29, 0.717) is 0 Å². The van der Waals surface area contributed by atoms with Crippen LogP contribution in [0.15, 0.2) is 52.2 Å². The van der Waals surface area contributed by atoms with Crippen molar-refractivity contribution in [1.29, 1.82) is 0 Å². The van der Waals surface area contributed by atoms with Crippen LogP contribution >= 0.6 is 7.75 Å². The van der Waals surface area contributed by atoms with Gasteiger partial charge >= 0.3 is 25.4 Å². The number of H-pyrrole nitrogens is 1. The molecule has 0 unspecified atom stereocenters. The van der Waals surface area contributed by atoms with E-state index in [1.165, 1.54) is 32.2 Å². The molecule has 39 heavy (non-hydrogen) atoms. The summed E-state index contributed by atoms with van der Waals surface area (Å²) < 4.78 is 41.7. The molecule has 1 aromatic heterocycles. The number of esters is 2. The van der Waals surface area contributed by atoms with Gasteiger partial charge in [0.2, 0.25) is 0 Å². The highest BCUT2D eigenvalue weighted by molar-refractivity contribution is 7.52. The number of rotatable bonds is 12. The average Bonchev–Trinajstić information content (AvgIpc) is 3.22. The maximum atomic E-state index is 13.7. The minimum Gasteiger partial charge on any atom is -0.460 e. The predicted octanol–water partition coefficient (Wildman–Crippen LogP) is 1.25. The van der Waals surface area contributed by atoms with Crippen LogP contribution in [0.1, 0.15) is 40.3 Å². The number of nitrogens with one attached hydrogen (secondary N) is 2. The molecule has 3 rings (SSSR count). The number of nitrogens with zero attached hydrogens (tertiary/aromatic N) is 1. The first-order valence-corrected chi connectivity index (χ1v) is 13.7. The van der Waals surface area contributed by atoms with Crippen LogP contribution in [0.25, 0.3) is 0 Å². The summed E-state index contributed by atoms with van der Waals surface area (Å²) in [7, 11) is -4.30. The van der Waals surface area contributed by atoms with E-state index in [1.807, 2.05) is 0 Å². The molecule has 2 aromatic rings. The van der Waals surface area contributed by atoms with Crippen LogP contribution in [-0.4, -0.2) is 63.7 Å². The van der Waals surface area contributed by atoms with Crippen molar-refractivity contribution >= 4 is 19.7 Å². The van der Waals surface area contributed by atoms with Gasteiger partial charge in [0.15, 0.2) is 6.10 Å². The quantitative estimate of drug-likeness (QED) is 0.246. The van der Waals surface area contributed by atoms with E-state index in [1.54, 1.807) is 32.0 Å². The Balaban J connectivity index is 1.69. The molecule has 0 bridgehead atoms. The van der Waals surface area contributed by atoms with Crippen molar-refractivity contribution in [3.05, 3.63) is 63.4 Å². The molecule has 14 nitrogen and oxygen atoms in total. The Hall–Kier alpha value is -3.29. The molecule has 1 aliphatic heterocycles. The molecule has 6 atom stereocenters. The fraction of sp³-hybridized carbons (Fsp3) is 0.500. The molecule has 0 radical (unpaired) electrons. The van der Waals surface area contributed by atoms with E-state index in [0.717, 1.165) is 10.6 Å². The monoisotopic (exact) mass is 569 g/mol. The molecule has 2 heterocycles. The van der Waals surface area contributed by atoms with Gasteiger partial charge in [-0.1, -0.05) is 18.2 Å². The van der Waals surface area contributed by atoms with Gasteiger partial charge < -0.3 is 23.8 Å². The van der Waals surface area contributed by atoms with Crippen LogP contribution in [0.2, 0.25) is 0 Å². The largest absolute Gasteiger partial charge is 0.460 e. The second kappa shape index (κ2) is 13.2. The minimum absolute atomic E-state index is 0.00958. The van der Waals surface area contributed by atoms with Crippen molar-refractivity contribution in [2.24, 2.45) is 0 Å². The van der Waals surface area contributed by atoms with Gasteiger partial charge in [-0.15, -0.1) is 0 Å². The summed E-state index contributed by atoms with van der Waals surface area (Å²) in [4.78, 5) is 50.1. The lowest BCUT2D eigenvalue weighted by molar-refractivity contribution is -0.169. The Morgan fingerprint density at radius 2 is 1.82 bits per heavy atom. The first-order chi connectivity index (χ1) is 18.4. The van der Waals surface area contributed by atoms with Gasteiger partial charge in [-0.2, -0.15) is 5.09 Å². The summed E-state index contributed by atoms with van der Waals surface area (Å²) >= 11 is 0. The number of aromatic amines is 1. The van der Waals surface area contributed by atoms with Crippen LogP contribution in [-0.2, 0) is 32.9 Å². The van der Waals surface area contributed by atoms with Gasteiger partial charge in [0.1, 0.15) is 24.1 Å². The SMILES string of the molecule is CC(C)OC(=O)[C@H](C)OC(=O)[C@H](C)N[P@](=O)(OC[C@H]1O[C@@H](n2ccc(=O)[nH]c2=O)C[C@@H]1O)Oc1ccccc1. The lowest BCUT2D eigenvalue weighted by Crippen LogP contribution is -2.39. The first kappa shape index (κ1) is 30.3. The molecule has 1 aliphatic rings. The van der Waals surface area contributed by atoms with Crippen LogP contribution in [0, 0.1) is 0 Å². The van der Waals surface area contributed by atoms with Crippen LogP contribution in [0.3, 0.4) is 0 Å². The lowest BCUT2D eigenvalue weighted by atomic mass is 10.2. The summed E-state index contributed by atoms with van der Waals surface area (Å²) in [6.07, 6.45) is -3.46. The van der Waals surface area contributed by atoms with Gasteiger partial charge in [0.25, 0.3) is 5.56 Å². The summed E-state index contributed by atoms with van der Waals surface area (Å²) in [6.45, 7) is 5.53. The number of aliphatic hydroxyl groups excluding tert-OH is 1. The van der Waals surface area contributed by atoms with Crippen molar-refractivity contribution in [1.82, 2.24) is 14.6 Å². The van der Waals surface area contributed by atoms with Crippen molar-refractivity contribution in [3.63, 3.8) is 0 Å². The molecule has 0 saturated carbocycles. The van der Waals surface area contributed by atoms with Crippen molar-refractivity contribution < 1.29 is 42.5 Å². The lowest BCUT2D eigenvalue weighted by Gasteiger charge is -2.25. The Kier molecular flexibility index (Phi) is 10.2. The number of carbonyl (C=O) groups excluding carboxylic acids is 2. The molecule has 0 spiro atoms. The molecule has 0 aliphatic carbocycles. The second-order valence-electron chi connectivity index (χ2n) is 9.06. The zero-order chi connectivity index (χ0) is 28.7. The molecular formula is C24H32N3O11P. The summed E-state index contributed by atoms with van der Waals surface area (Å²) in [5, 5.41) is 13.0. The predicted molar refractivity (Wildman–Crippen MR) is 136 cm³/mol. The van der Waals surface area contributed by atoms with E-state index >= 15 is 0 Å². The van der Waals surface area contributed by atoms with E-state index in [9.17, 15) is 28.8 Å². The third kappa shape index (κ3) is 8.60. The van der Waals surface area contributed by atoms with Crippen molar-refractivity contribution in [2.45, 2.75) is 70.8 Å². The molecule has 1 saturated heterocycles. The highest BCUT2D eigenvalue weighted by Gasteiger charge is 2.39. The highest BCUT2D eigenvalue weighted by atomic mass is 31.2. The Labute approximate surface area is 223 Å². The molecule has 0 amide bonds. The zero-order valence-electron chi connectivity index (χ0n) is 21.8. The third-order valence-corrected chi connectivity index (χ3v) is 7.07. The molecule has 214 valence electrons. The van der Waals surface area contributed by atoms with Crippen LogP contribution < -0.4 is 20.9 Å². The minimum atomic E-state index is -4.30. The molecular weight excluding hydrogens is 537 g/mol. The van der Waals surface area contributed by atoms with Crippen LogP contribution in [0.4, 0.5) is 0 Å². The van der Waals surface area contributed by atoms with E-state index < -0.39 is 74.2 Å². The Bertz CT molecular complexity index is 1300. The summed E-state index contributed by atoms with van der Waals surface area (Å²) in [5.74, 6) is -1.50. The fourth-order valence-electron chi connectivity index (χ4n) is 3.51. The van der Waals surface area contributed by atoms with Crippen molar-refractivity contribution in [3.8, 4) is 5.75 Å². The molecule has 1 fully saturated rings. The zero-order valence-corrected chi connectivity index (χ0v) is 22.7. The second-order valence-corrected chi connectivity index (χ2v) is 10.8. The van der Waals surface area contributed by atoms with Gasteiger partial charge in [0, 0.05) is 18.7 Å². The smallest absolute Gasteiger partial charge is 0.459 e. The number of aliphatic hydroxyl groups is 1. The number of hydrogen-bond donors (Lipinski definition) is 3. The third-order valence-electron chi connectivity index (χ3n) is 5.43. The average molecular weight is 570 g/mol. The summed E-state index contributed by atoms with van der Waals surface area (Å²) in [5.41, 5.74) is -1.31. The van der Waals surface area contributed by atoms with E-state index in [-0.39, 0.29) is 12.2 Å². The Morgan fingerprint density at radius 3 is 2.46 bits per heavy atom. The molecule has 3 N–H and O–H groups in total. The fourth-order valence-corrected chi connectivity index (χ4v) is 5.02. The Morgan fingerprint density at radius 1 is 1.13 bits per heavy atom. The number of aromatic nitrogens is 2. The van der Waals surface area contributed by atoms with Gasteiger partial charge in [-0.05, 0) is 39.8 Å². The maximum Gasteiger partial charge on any atom is 0.459 e. The van der Waals surface area contributed by atoms with Gasteiger partial charge in [-0.25, -0.2) is 14.2 Å². The number of ether oxygens (including phenoxy) is 3. The number of benzene rings is 1. The van der Waals surface area contributed by atoms with E-state index in [4.69, 9.17) is 23.3 Å². The number of hydrogen-bond acceptors (Lipinski definition) is 11. The molecule has 15 heteroatoms. The highest BCUT2D eigenvalue weighted by Crippen LogP contribution is 2.46. The van der Waals surface area contributed by atoms with Gasteiger partial charge in [0.05, 0.1) is 18.8 Å². The first-order valence-electron chi connectivity index (χ1n) is 12.2. The molecule has 1 aromatic carbocycles. The maximum absolute atomic E-state index is 13.7. The number of para-hydroxylation sites is 1. The van der Waals surface area contributed by atoms with Crippen LogP contribution in [0.5, 0.6) is 5.75 Å².